The predicted octanol–water partition coefficient (Wildman–Crippen LogP) is 1.57. The lowest BCUT2D eigenvalue weighted by molar-refractivity contribution is 0.0955. The highest BCUT2D eigenvalue weighted by molar-refractivity contribution is 7.90. The van der Waals surface area contributed by atoms with Crippen molar-refractivity contribution in [2.45, 2.75) is 4.90 Å². The molecule has 126 valence electrons. The van der Waals surface area contributed by atoms with Gasteiger partial charge in [-0.3, -0.25) is 4.79 Å². The van der Waals surface area contributed by atoms with Crippen LogP contribution in [0.25, 0.3) is 0 Å². The van der Waals surface area contributed by atoms with Crippen molar-refractivity contribution < 1.29 is 23.1 Å². The normalized spacial score (nSPS) is 11.4. The molecule has 2 aromatic rings. The largest absolute Gasteiger partial charge is 0.504 e. The second kappa shape index (κ2) is 7.14. The second-order valence-electron chi connectivity index (χ2n) is 4.93. The molecule has 0 saturated carbocycles. The van der Waals surface area contributed by atoms with E-state index < -0.39 is 15.7 Å². The third kappa shape index (κ3) is 4.32. The van der Waals surface area contributed by atoms with Crippen LogP contribution in [-0.2, 0) is 9.84 Å². The first-order valence-corrected chi connectivity index (χ1v) is 8.71. The number of hydrazone groups is 1. The van der Waals surface area contributed by atoms with E-state index in [2.05, 4.69) is 10.5 Å². The predicted molar refractivity (Wildman–Crippen MR) is 89.3 cm³/mol. The van der Waals surface area contributed by atoms with Crippen molar-refractivity contribution >= 4 is 22.0 Å². The van der Waals surface area contributed by atoms with Gasteiger partial charge in [0.25, 0.3) is 5.91 Å². The maximum Gasteiger partial charge on any atom is 0.271 e. The summed E-state index contributed by atoms with van der Waals surface area (Å²) in [5, 5.41) is 13.3. The fourth-order valence-electron chi connectivity index (χ4n) is 1.86. The van der Waals surface area contributed by atoms with Crippen LogP contribution < -0.4 is 10.2 Å². The van der Waals surface area contributed by atoms with Gasteiger partial charge in [0.05, 0.1) is 18.2 Å². The van der Waals surface area contributed by atoms with Crippen molar-refractivity contribution in [3.05, 3.63) is 53.6 Å². The van der Waals surface area contributed by atoms with Gasteiger partial charge in [-0.2, -0.15) is 5.10 Å². The minimum absolute atomic E-state index is 0.00431. The van der Waals surface area contributed by atoms with Gasteiger partial charge in [-0.1, -0.05) is 0 Å². The van der Waals surface area contributed by atoms with Gasteiger partial charge in [0, 0.05) is 11.8 Å². The molecule has 8 heteroatoms. The Labute approximate surface area is 139 Å². The minimum atomic E-state index is -3.30. The summed E-state index contributed by atoms with van der Waals surface area (Å²) in [5.74, 6) is -0.177. The van der Waals surface area contributed by atoms with Crippen molar-refractivity contribution in [2.75, 3.05) is 13.4 Å². The Morgan fingerprint density at radius 1 is 1.21 bits per heavy atom. The average molecular weight is 348 g/mol. The van der Waals surface area contributed by atoms with E-state index in [9.17, 15) is 18.3 Å². The van der Waals surface area contributed by atoms with Gasteiger partial charge >= 0.3 is 0 Å². The molecular formula is C16H16N2O5S. The number of nitrogens with zero attached hydrogens (tertiary/aromatic N) is 1. The average Bonchev–Trinajstić information content (AvgIpc) is 2.55. The molecule has 1 amide bonds. The number of phenolic OH excluding ortho intramolecular Hbond substituents is 1. The summed E-state index contributed by atoms with van der Waals surface area (Å²) < 4.78 is 27.7. The number of aromatic hydroxyl groups is 1. The fourth-order valence-corrected chi connectivity index (χ4v) is 2.49. The van der Waals surface area contributed by atoms with Crippen molar-refractivity contribution in [3.63, 3.8) is 0 Å². The van der Waals surface area contributed by atoms with Crippen LogP contribution >= 0.6 is 0 Å². The molecule has 2 N–H and O–H groups in total. The summed E-state index contributed by atoms with van der Waals surface area (Å²) in [6, 6.07) is 10.2. The van der Waals surface area contributed by atoms with E-state index in [0.717, 1.165) is 6.26 Å². The molecule has 2 rings (SSSR count). The van der Waals surface area contributed by atoms with E-state index in [-0.39, 0.29) is 16.2 Å². The Morgan fingerprint density at radius 3 is 2.46 bits per heavy atom. The van der Waals surface area contributed by atoms with E-state index in [1.54, 1.807) is 12.1 Å². The van der Waals surface area contributed by atoms with Gasteiger partial charge in [0.2, 0.25) is 0 Å². The number of carbonyl (C=O) groups excluding carboxylic acids is 1. The molecule has 0 aliphatic rings. The highest BCUT2D eigenvalue weighted by atomic mass is 32.2. The number of sulfone groups is 1. The lowest BCUT2D eigenvalue weighted by atomic mass is 10.2. The number of hydrogen-bond donors (Lipinski definition) is 2. The monoisotopic (exact) mass is 348 g/mol. The van der Waals surface area contributed by atoms with E-state index in [0.29, 0.717) is 11.3 Å². The Bertz CT molecular complexity index is 874. The highest BCUT2D eigenvalue weighted by Gasteiger charge is 2.09. The Kier molecular flexibility index (Phi) is 5.20. The maximum absolute atomic E-state index is 11.9. The molecular weight excluding hydrogens is 332 g/mol. The molecule has 0 spiro atoms. The summed E-state index contributed by atoms with van der Waals surface area (Å²) in [6.07, 6.45) is 2.49. The Hall–Kier alpha value is -2.87. The zero-order valence-electron chi connectivity index (χ0n) is 13.1. The van der Waals surface area contributed by atoms with Gasteiger partial charge in [0.1, 0.15) is 0 Å². The SMILES string of the molecule is COc1cc(/C=N/NC(=O)c2ccc(S(C)(=O)=O)cc2)ccc1O. The van der Waals surface area contributed by atoms with Crippen LogP contribution in [0.5, 0.6) is 11.5 Å². The highest BCUT2D eigenvalue weighted by Crippen LogP contribution is 2.25. The summed E-state index contributed by atoms with van der Waals surface area (Å²) >= 11 is 0. The molecule has 0 aliphatic heterocycles. The van der Waals surface area contributed by atoms with E-state index in [4.69, 9.17) is 4.74 Å². The zero-order valence-corrected chi connectivity index (χ0v) is 13.9. The van der Waals surface area contributed by atoms with Crippen LogP contribution in [0, 0.1) is 0 Å². The molecule has 2 aromatic carbocycles. The summed E-state index contributed by atoms with van der Waals surface area (Å²) in [5.41, 5.74) is 3.24. The molecule has 0 heterocycles. The third-order valence-corrected chi connectivity index (χ3v) is 4.26. The standard InChI is InChI=1S/C16H16N2O5S/c1-23-15-9-11(3-8-14(15)19)10-17-18-16(20)12-4-6-13(7-5-12)24(2,21)22/h3-10,19H,1-2H3,(H,18,20)/b17-10+. The number of hydrogen-bond acceptors (Lipinski definition) is 6. The first-order chi connectivity index (χ1) is 11.3. The number of rotatable bonds is 5. The lowest BCUT2D eigenvalue weighted by Gasteiger charge is -2.04. The number of amides is 1. The number of nitrogens with one attached hydrogen (secondary N) is 1. The Morgan fingerprint density at radius 2 is 1.88 bits per heavy atom. The number of benzene rings is 2. The third-order valence-electron chi connectivity index (χ3n) is 3.13. The summed E-state index contributed by atoms with van der Waals surface area (Å²) in [6.45, 7) is 0. The van der Waals surface area contributed by atoms with Crippen molar-refractivity contribution in [1.29, 1.82) is 0 Å². The first kappa shape index (κ1) is 17.5. The van der Waals surface area contributed by atoms with Crippen LogP contribution in [0.4, 0.5) is 0 Å². The van der Waals surface area contributed by atoms with Gasteiger partial charge in [-0.25, -0.2) is 13.8 Å². The van der Waals surface area contributed by atoms with Crippen molar-refractivity contribution in [3.8, 4) is 11.5 Å². The minimum Gasteiger partial charge on any atom is -0.504 e. The molecule has 0 saturated heterocycles. The topological polar surface area (TPSA) is 105 Å². The molecule has 7 nitrogen and oxygen atoms in total. The molecule has 0 bridgehead atoms. The second-order valence-corrected chi connectivity index (χ2v) is 6.94. The molecule has 24 heavy (non-hydrogen) atoms. The van der Waals surface area contributed by atoms with Gasteiger partial charge in [0.15, 0.2) is 21.3 Å². The van der Waals surface area contributed by atoms with Crippen LogP contribution in [0.2, 0.25) is 0 Å². The Balaban J connectivity index is 2.05. The fraction of sp³-hybridized carbons (Fsp3) is 0.125. The number of ether oxygens (including phenoxy) is 1. The van der Waals surface area contributed by atoms with Crippen LogP contribution in [0.3, 0.4) is 0 Å². The number of carbonyl (C=O) groups is 1. The van der Waals surface area contributed by atoms with Gasteiger partial charge < -0.3 is 9.84 Å². The van der Waals surface area contributed by atoms with Crippen LogP contribution in [0.15, 0.2) is 52.5 Å². The molecule has 0 unspecified atom stereocenters. The molecule has 0 aromatic heterocycles. The van der Waals surface area contributed by atoms with E-state index >= 15 is 0 Å². The number of phenols is 1. The molecule has 0 atom stereocenters. The number of methoxy groups -OCH3 is 1. The maximum atomic E-state index is 11.9. The molecule has 0 radical (unpaired) electrons. The smallest absolute Gasteiger partial charge is 0.271 e. The van der Waals surface area contributed by atoms with Crippen LogP contribution in [0.1, 0.15) is 15.9 Å². The zero-order chi connectivity index (χ0) is 17.7. The van der Waals surface area contributed by atoms with Crippen molar-refractivity contribution in [1.82, 2.24) is 5.43 Å². The quantitative estimate of drug-likeness (QED) is 0.630. The van der Waals surface area contributed by atoms with Gasteiger partial charge in [-0.05, 0) is 48.0 Å². The molecule has 0 fully saturated rings. The van der Waals surface area contributed by atoms with Gasteiger partial charge in [-0.15, -0.1) is 0 Å². The first-order valence-electron chi connectivity index (χ1n) is 6.82. The van der Waals surface area contributed by atoms with Crippen LogP contribution in [-0.4, -0.2) is 39.0 Å². The molecule has 0 aliphatic carbocycles. The van der Waals surface area contributed by atoms with E-state index in [1.165, 1.54) is 43.7 Å². The summed E-state index contributed by atoms with van der Waals surface area (Å²) in [7, 11) is -1.87. The van der Waals surface area contributed by atoms with Crippen molar-refractivity contribution in [2.24, 2.45) is 5.10 Å². The lowest BCUT2D eigenvalue weighted by Crippen LogP contribution is -2.17. The van der Waals surface area contributed by atoms with E-state index in [1.807, 2.05) is 0 Å². The summed E-state index contributed by atoms with van der Waals surface area (Å²) in [4.78, 5) is 12.1.